The molecule has 0 spiro atoms. The van der Waals surface area contributed by atoms with E-state index in [-0.39, 0.29) is 12.1 Å². The predicted molar refractivity (Wildman–Crippen MR) is 80.3 cm³/mol. The number of aliphatic carboxylic acids is 1. The van der Waals surface area contributed by atoms with E-state index in [1.807, 2.05) is 13.8 Å². The van der Waals surface area contributed by atoms with Crippen LogP contribution in [0.25, 0.3) is 0 Å². The number of hydrogen-bond donors (Lipinski definition) is 2. The van der Waals surface area contributed by atoms with Crippen molar-refractivity contribution in [3.8, 4) is 0 Å². The van der Waals surface area contributed by atoms with Crippen molar-refractivity contribution in [3.05, 3.63) is 0 Å². The van der Waals surface area contributed by atoms with Gasteiger partial charge in [-0.15, -0.1) is 0 Å². The molecule has 1 rings (SSSR count). The van der Waals surface area contributed by atoms with Gasteiger partial charge in [-0.05, 0) is 32.6 Å². The third-order valence-electron chi connectivity index (χ3n) is 4.17. The molecule has 2 atom stereocenters. The molecule has 1 saturated heterocycles. The molecular formula is C15H28N2O4. The van der Waals surface area contributed by atoms with Crippen LogP contribution >= 0.6 is 0 Å². The van der Waals surface area contributed by atoms with Gasteiger partial charge in [-0.3, -0.25) is 4.79 Å². The van der Waals surface area contributed by atoms with Gasteiger partial charge in [0.05, 0.1) is 5.41 Å². The molecular weight excluding hydrogens is 272 g/mol. The highest BCUT2D eigenvalue weighted by Crippen LogP contribution is 2.35. The van der Waals surface area contributed by atoms with Crippen LogP contribution in [0, 0.1) is 5.41 Å². The van der Waals surface area contributed by atoms with Gasteiger partial charge in [-0.2, -0.15) is 0 Å². The second-order valence-electron chi connectivity index (χ2n) is 5.99. The molecule has 1 aliphatic heterocycles. The summed E-state index contributed by atoms with van der Waals surface area (Å²) in [6.45, 7) is 5.44. The van der Waals surface area contributed by atoms with Crippen LogP contribution in [0.15, 0.2) is 0 Å². The van der Waals surface area contributed by atoms with Gasteiger partial charge in [0, 0.05) is 32.8 Å². The Morgan fingerprint density at radius 2 is 2.19 bits per heavy atom. The van der Waals surface area contributed by atoms with Crippen molar-refractivity contribution < 1.29 is 19.4 Å². The van der Waals surface area contributed by atoms with E-state index >= 15 is 0 Å². The first-order chi connectivity index (χ1) is 9.95. The summed E-state index contributed by atoms with van der Waals surface area (Å²) < 4.78 is 4.99. The number of ether oxygens (including phenoxy) is 1. The maximum absolute atomic E-state index is 12.3. The zero-order valence-electron chi connectivity index (χ0n) is 13.4. The summed E-state index contributed by atoms with van der Waals surface area (Å²) in [5.41, 5.74) is -0.778. The lowest BCUT2D eigenvalue weighted by Crippen LogP contribution is -2.53. The van der Waals surface area contributed by atoms with Crippen LogP contribution in [-0.4, -0.2) is 54.9 Å². The van der Waals surface area contributed by atoms with E-state index in [2.05, 4.69) is 5.32 Å². The first-order valence-corrected chi connectivity index (χ1v) is 7.73. The quantitative estimate of drug-likeness (QED) is 0.754. The molecule has 2 N–H and O–H groups in total. The van der Waals surface area contributed by atoms with E-state index in [4.69, 9.17) is 4.74 Å². The van der Waals surface area contributed by atoms with Crippen LogP contribution in [0.3, 0.4) is 0 Å². The van der Waals surface area contributed by atoms with Crippen molar-refractivity contribution in [1.29, 1.82) is 0 Å². The Kier molecular flexibility index (Phi) is 6.95. The number of rotatable bonds is 7. The second kappa shape index (κ2) is 8.22. The number of urea groups is 1. The van der Waals surface area contributed by atoms with E-state index in [0.717, 1.165) is 19.3 Å². The van der Waals surface area contributed by atoms with E-state index in [1.54, 1.807) is 12.0 Å². The Morgan fingerprint density at radius 1 is 1.48 bits per heavy atom. The number of carboxylic acid groups (broad SMARTS) is 1. The topological polar surface area (TPSA) is 78.9 Å². The highest BCUT2D eigenvalue weighted by molar-refractivity contribution is 5.79. The summed E-state index contributed by atoms with van der Waals surface area (Å²) in [6.07, 6.45) is 3.57. The lowest BCUT2D eigenvalue weighted by molar-refractivity contribution is -0.152. The molecule has 2 amide bonds. The van der Waals surface area contributed by atoms with E-state index in [1.165, 1.54) is 0 Å². The molecule has 6 heteroatoms. The summed E-state index contributed by atoms with van der Waals surface area (Å²) in [4.78, 5) is 25.5. The Morgan fingerprint density at radius 3 is 2.76 bits per heavy atom. The number of carboxylic acids is 1. The van der Waals surface area contributed by atoms with Crippen LogP contribution in [0.1, 0.15) is 46.0 Å². The maximum Gasteiger partial charge on any atom is 0.317 e. The Hall–Kier alpha value is -1.30. The molecule has 0 bridgehead atoms. The molecule has 0 aromatic rings. The Bertz CT molecular complexity index is 358. The number of carbonyl (C=O) groups is 2. The van der Waals surface area contributed by atoms with Crippen molar-refractivity contribution >= 4 is 12.0 Å². The molecule has 21 heavy (non-hydrogen) atoms. The molecule has 0 aliphatic carbocycles. The number of hydrogen-bond acceptors (Lipinski definition) is 3. The van der Waals surface area contributed by atoms with E-state index < -0.39 is 11.4 Å². The predicted octanol–water partition coefficient (Wildman–Crippen LogP) is 2.09. The van der Waals surface area contributed by atoms with E-state index in [0.29, 0.717) is 32.5 Å². The Balaban J connectivity index is 2.62. The molecule has 1 aliphatic rings. The molecule has 2 unspecified atom stereocenters. The normalized spacial score (nSPS) is 23.7. The molecule has 0 aromatic heterocycles. The summed E-state index contributed by atoms with van der Waals surface area (Å²) in [7, 11) is 1.63. The number of nitrogens with zero attached hydrogens (tertiary/aromatic N) is 1. The van der Waals surface area contributed by atoms with Gasteiger partial charge in [0.25, 0.3) is 0 Å². The van der Waals surface area contributed by atoms with Crippen molar-refractivity contribution in [2.45, 2.75) is 52.0 Å². The third kappa shape index (κ3) is 4.88. The van der Waals surface area contributed by atoms with Gasteiger partial charge in [0.2, 0.25) is 0 Å². The standard InChI is InChI=1S/C15H28N2O4/c1-4-7-15(13(18)19)8-5-9-17(11-15)14(20)16-12(2)6-10-21-3/h12H,4-11H2,1-3H3,(H,16,20)(H,18,19). The fourth-order valence-electron chi connectivity index (χ4n) is 2.94. The first kappa shape index (κ1) is 17.8. The molecule has 1 fully saturated rings. The van der Waals surface area contributed by atoms with Gasteiger partial charge < -0.3 is 20.1 Å². The van der Waals surface area contributed by atoms with Crippen LogP contribution in [0.5, 0.6) is 0 Å². The molecule has 122 valence electrons. The van der Waals surface area contributed by atoms with Gasteiger partial charge in [0.1, 0.15) is 0 Å². The fourth-order valence-corrected chi connectivity index (χ4v) is 2.94. The fraction of sp³-hybridized carbons (Fsp3) is 0.867. The molecule has 6 nitrogen and oxygen atoms in total. The van der Waals surface area contributed by atoms with Crippen molar-refractivity contribution in [1.82, 2.24) is 10.2 Å². The molecule has 0 radical (unpaired) electrons. The zero-order valence-corrected chi connectivity index (χ0v) is 13.4. The highest BCUT2D eigenvalue weighted by Gasteiger charge is 2.42. The monoisotopic (exact) mass is 300 g/mol. The third-order valence-corrected chi connectivity index (χ3v) is 4.17. The summed E-state index contributed by atoms with van der Waals surface area (Å²) >= 11 is 0. The number of amides is 2. The average molecular weight is 300 g/mol. The van der Waals surface area contributed by atoms with Gasteiger partial charge in [-0.25, -0.2) is 4.79 Å². The highest BCUT2D eigenvalue weighted by atomic mass is 16.5. The van der Waals surface area contributed by atoms with Crippen molar-refractivity contribution in [2.75, 3.05) is 26.8 Å². The van der Waals surface area contributed by atoms with Gasteiger partial charge in [-0.1, -0.05) is 13.3 Å². The number of piperidine rings is 1. The summed E-state index contributed by atoms with van der Waals surface area (Å²) in [6, 6.07) is -0.148. The average Bonchev–Trinajstić information content (AvgIpc) is 2.45. The van der Waals surface area contributed by atoms with Crippen LogP contribution in [0.4, 0.5) is 4.79 Å². The van der Waals surface area contributed by atoms with Crippen LogP contribution in [-0.2, 0) is 9.53 Å². The minimum absolute atomic E-state index is 0.0183. The SMILES string of the molecule is CCCC1(C(=O)O)CCCN(C(=O)NC(C)CCOC)C1. The summed E-state index contributed by atoms with van der Waals surface area (Å²) in [5, 5.41) is 12.5. The number of nitrogens with one attached hydrogen (secondary N) is 1. The van der Waals surface area contributed by atoms with Gasteiger partial charge in [0.15, 0.2) is 0 Å². The largest absolute Gasteiger partial charge is 0.481 e. The Labute approximate surface area is 126 Å². The minimum Gasteiger partial charge on any atom is -0.481 e. The smallest absolute Gasteiger partial charge is 0.317 e. The summed E-state index contributed by atoms with van der Waals surface area (Å²) in [5.74, 6) is -0.783. The van der Waals surface area contributed by atoms with Crippen LogP contribution in [0.2, 0.25) is 0 Å². The lowest BCUT2D eigenvalue weighted by atomic mass is 9.76. The number of carbonyl (C=O) groups excluding carboxylic acids is 1. The zero-order chi connectivity index (χ0) is 15.9. The molecule has 1 heterocycles. The number of methoxy groups -OCH3 is 1. The van der Waals surface area contributed by atoms with Gasteiger partial charge >= 0.3 is 12.0 Å². The number of likely N-dealkylation sites (tertiary alicyclic amines) is 1. The van der Waals surface area contributed by atoms with Crippen molar-refractivity contribution in [3.63, 3.8) is 0 Å². The van der Waals surface area contributed by atoms with E-state index in [9.17, 15) is 14.7 Å². The molecule has 0 aromatic carbocycles. The minimum atomic E-state index is -0.783. The second-order valence-corrected chi connectivity index (χ2v) is 5.99. The van der Waals surface area contributed by atoms with Crippen molar-refractivity contribution in [2.24, 2.45) is 5.41 Å². The first-order valence-electron chi connectivity index (χ1n) is 7.73. The maximum atomic E-state index is 12.3. The van der Waals surface area contributed by atoms with Crippen LogP contribution < -0.4 is 5.32 Å². The lowest BCUT2D eigenvalue weighted by Gasteiger charge is -2.40. The molecule has 0 saturated carbocycles.